The van der Waals surface area contributed by atoms with Crippen LogP contribution in [0.1, 0.15) is 31.5 Å². The summed E-state index contributed by atoms with van der Waals surface area (Å²) in [6.45, 7) is 7.32. The van der Waals surface area contributed by atoms with Crippen LogP contribution in [0.5, 0.6) is 0 Å². The number of nitrogens with zero attached hydrogens (tertiary/aromatic N) is 2. The Balaban J connectivity index is 2.25. The minimum atomic E-state index is -0.907. The van der Waals surface area contributed by atoms with Crippen LogP contribution in [0.25, 0.3) is 11.4 Å². The van der Waals surface area contributed by atoms with Gasteiger partial charge < -0.3 is 15.4 Å². The van der Waals surface area contributed by atoms with Crippen LogP contribution in [-0.4, -0.2) is 32.1 Å². The molecule has 7 nitrogen and oxygen atoms in total. The fraction of sp³-hybridized carbons (Fsp3) is 0.412. The normalized spacial score (nSPS) is 13.3. The van der Waals surface area contributed by atoms with Gasteiger partial charge in [0, 0.05) is 23.0 Å². The number of H-pyrrole nitrogens is 1. The average Bonchev–Trinajstić information content (AvgIpc) is 2.56. The topological polar surface area (TPSA) is 108 Å². The number of aliphatic carboxylic acids is 1. The van der Waals surface area contributed by atoms with Crippen molar-refractivity contribution in [3.63, 3.8) is 0 Å². The van der Waals surface area contributed by atoms with Gasteiger partial charge >= 0.3 is 5.97 Å². The molecule has 0 saturated carbocycles. The van der Waals surface area contributed by atoms with E-state index in [1.807, 2.05) is 13.8 Å². The molecule has 0 bridgehead atoms. The van der Waals surface area contributed by atoms with Gasteiger partial charge in [0.05, 0.1) is 0 Å². The summed E-state index contributed by atoms with van der Waals surface area (Å²) < 4.78 is 0. The molecule has 2 atom stereocenters. The third kappa shape index (κ3) is 3.79. The van der Waals surface area contributed by atoms with Crippen molar-refractivity contribution in [2.24, 2.45) is 5.92 Å². The first kappa shape index (κ1) is 17.7. The summed E-state index contributed by atoms with van der Waals surface area (Å²) in [5.74, 6) is -0.0198. The number of hydrogen-bond acceptors (Lipinski definition) is 5. The van der Waals surface area contributed by atoms with E-state index in [0.29, 0.717) is 28.5 Å². The van der Waals surface area contributed by atoms with E-state index in [1.165, 1.54) is 0 Å². The Labute approximate surface area is 140 Å². The molecule has 0 fully saturated rings. The molecule has 0 aliphatic carbocycles. The smallest absolute Gasteiger partial charge is 0.326 e. The van der Waals surface area contributed by atoms with Crippen molar-refractivity contribution in [1.82, 2.24) is 15.0 Å². The van der Waals surface area contributed by atoms with E-state index in [9.17, 15) is 14.7 Å². The van der Waals surface area contributed by atoms with Crippen molar-refractivity contribution in [1.29, 1.82) is 0 Å². The summed E-state index contributed by atoms with van der Waals surface area (Å²) in [5.41, 5.74) is 1.74. The van der Waals surface area contributed by atoms with Crippen molar-refractivity contribution in [3.8, 4) is 11.4 Å². The zero-order valence-electron chi connectivity index (χ0n) is 14.3. The van der Waals surface area contributed by atoms with Gasteiger partial charge in [-0.3, -0.25) is 4.79 Å². The summed E-state index contributed by atoms with van der Waals surface area (Å²) >= 11 is 0. The number of rotatable bonds is 6. The number of hydrogen-bond donors (Lipinski definition) is 3. The third-order valence-electron chi connectivity index (χ3n) is 4.21. The van der Waals surface area contributed by atoms with Crippen molar-refractivity contribution >= 4 is 11.8 Å². The van der Waals surface area contributed by atoms with E-state index in [2.05, 4.69) is 20.3 Å². The van der Waals surface area contributed by atoms with Gasteiger partial charge in [0.25, 0.3) is 5.56 Å². The molecule has 7 heteroatoms. The second-order valence-electron chi connectivity index (χ2n) is 5.90. The Morgan fingerprint density at radius 1 is 1.38 bits per heavy atom. The molecule has 3 N–H and O–H groups in total. The van der Waals surface area contributed by atoms with E-state index in [4.69, 9.17) is 0 Å². The number of carboxylic acid groups (broad SMARTS) is 1. The molecule has 0 unspecified atom stereocenters. The summed E-state index contributed by atoms with van der Waals surface area (Å²) in [5, 5.41) is 12.3. The molecule has 2 aromatic heterocycles. The van der Waals surface area contributed by atoms with Crippen LogP contribution in [-0.2, 0) is 4.79 Å². The molecular formula is C17H22N4O3. The maximum Gasteiger partial charge on any atom is 0.326 e. The minimum Gasteiger partial charge on any atom is -0.480 e. The standard InChI is InChI=1S/C17H22N4O3/c1-5-9(2)14(17(23)24)20-13-7-6-12(8-18-13)15-19-11(4)10(3)16(22)21-15/h6-9,14H,5H2,1-4H3,(H,18,20)(H,23,24)(H,19,21,22)/t9-,14-/m0/s1. The molecular weight excluding hydrogens is 308 g/mol. The SMILES string of the molecule is CC[C@H](C)[C@H](Nc1ccc(-c2nc(C)c(C)c(=O)[nH]2)cn1)C(=O)O. The number of nitrogens with one attached hydrogen (secondary N) is 2. The number of carboxylic acids is 1. The lowest BCUT2D eigenvalue weighted by atomic mass is 9.99. The van der Waals surface area contributed by atoms with Crippen molar-refractivity contribution in [2.75, 3.05) is 5.32 Å². The van der Waals surface area contributed by atoms with Crippen molar-refractivity contribution in [3.05, 3.63) is 39.9 Å². The highest BCUT2D eigenvalue weighted by atomic mass is 16.4. The van der Waals surface area contributed by atoms with Crippen LogP contribution in [0.4, 0.5) is 5.82 Å². The van der Waals surface area contributed by atoms with Crippen LogP contribution < -0.4 is 10.9 Å². The zero-order chi connectivity index (χ0) is 17.9. The third-order valence-corrected chi connectivity index (χ3v) is 4.21. The Morgan fingerprint density at radius 2 is 2.08 bits per heavy atom. The first-order valence-corrected chi connectivity index (χ1v) is 7.86. The molecule has 0 aromatic carbocycles. The highest BCUT2D eigenvalue weighted by Crippen LogP contribution is 2.18. The van der Waals surface area contributed by atoms with Crippen molar-refractivity contribution in [2.45, 2.75) is 40.2 Å². The molecule has 2 aromatic rings. The van der Waals surface area contributed by atoms with Gasteiger partial charge in [-0.2, -0.15) is 0 Å². The van der Waals surface area contributed by atoms with E-state index in [-0.39, 0.29) is 11.5 Å². The highest BCUT2D eigenvalue weighted by molar-refractivity contribution is 5.77. The largest absolute Gasteiger partial charge is 0.480 e. The lowest BCUT2D eigenvalue weighted by Crippen LogP contribution is -2.35. The van der Waals surface area contributed by atoms with Gasteiger partial charge in [-0.05, 0) is 31.9 Å². The molecule has 0 saturated heterocycles. The maximum atomic E-state index is 11.8. The zero-order valence-corrected chi connectivity index (χ0v) is 14.3. The van der Waals surface area contributed by atoms with Gasteiger partial charge in [0.1, 0.15) is 17.7 Å². The molecule has 0 amide bonds. The van der Waals surface area contributed by atoms with Crippen LogP contribution in [0, 0.1) is 19.8 Å². The molecule has 0 aliphatic heterocycles. The van der Waals surface area contributed by atoms with E-state index >= 15 is 0 Å². The summed E-state index contributed by atoms with van der Waals surface area (Å²) in [6, 6.07) is 2.73. The highest BCUT2D eigenvalue weighted by Gasteiger charge is 2.23. The number of aromatic nitrogens is 3. The Hall–Kier alpha value is -2.70. The molecule has 2 heterocycles. The second-order valence-corrected chi connectivity index (χ2v) is 5.90. The lowest BCUT2D eigenvalue weighted by Gasteiger charge is -2.20. The van der Waals surface area contributed by atoms with Crippen LogP contribution in [0.2, 0.25) is 0 Å². The lowest BCUT2D eigenvalue weighted by molar-refractivity contribution is -0.139. The molecule has 0 aliphatic rings. The summed E-state index contributed by atoms with van der Waals surface area (Å²) in [4.78, 5) is 34.5. The van der Waals surface area contributed by atoms with Gasteiger partial charge in [-0.15, -0.1) is 0 Å². The molecule has 0 spiro atoms. The molecule has 128 valence electrons. The summed E-state index contributed by atoms with van der Waals surface area (Å²) in [7, 11) is 0. The molecule has 2 rings (SSSR count). The van der Waals surface area contributed by atoms with Crippen molar-refractivity contribution < 1.29 is 9.90 Å². The number of aryl methyl sites for hydroxylation is 1. The van der Waals surface area contributed by atoms with Gasteiger partial charge in [0.2, 0.25) is 0 Å². The van der Waals surface area contributed by atoms with E-state index < -0.39 is 12.0 Å². The first-order valence-electron chi connectivity index (χ1n) is 7.86. The van der Waals surface area contributed by atoms with Crippen LogP contribution in [0.15, 0.2) is 23.1 Å². The number of carbonyl (C=O) groups is 1. The second kappa shape index (κ2) is 7.25. The fourth-order valence-electron chi connectivity index (χ4n) is 2.24. The predicted molar refractivity (Wildman–Crippen MR) is 92.1 cm³/mol. The quantitative estimate of drug-likeness (QED) is 0.750. The monoisotopic (exact) mass is 330 g/mol. The average molecular weight is 330 g/mol. The molecule has 0 radical (unpaired) electrons. The first-order chi connectivity index (χ1) is 11.3. The number of aromatic amines is 1. The predicted octanol–water partition coefficient (Wildman–Crippen LogP) is 2.36. The van der Waals surface area contributed by atoms with Crippen LogP contribution in [0.3, 0.4) is 0 Å². The number of pyridine rings is 1. The molecule has 24 heavy (non-hydrogen) atoms. The maximum absolute atomic E-state index is 11.8. The van der Waals surface area contributed by atoms with Crippen LogP contribution >= 0.6 is 0 Å². The Bertz CT molecular complexity index is 783. The number of anilines is 1. The van der Waals surface area contributed by atoms with Gasteiger partial charge in [0.15, 0.2) is 0 Å². The van der Waals surface area contributed by atoms with Gasteiger partial charge in [-0.1, -0.05) is 20.3 Å². The Kier molecular flexibility index (Phi) is 5.33. The fourth-order valence-corrected chi connectivity index (χ4v) is 2.24. The van der Waals surface area contributed by atoms with E-state index in [1.54, 1.807) is 32.2 Å². The van der Waals surface area contributed by atoms with Gasteiger partial charge in [-0.25, -0.2) is 14.8 Å². The minimum absolute atomic E-state index is 0.0262. The van der Waals surface area contributed by atoms with E-state index in [0.717, 1.165) is 6.42 Å². The Morgan fingerprint density at radius 3 is 2.58 bits per heavy atom. The summed E-state index contributed by atoms with van der Waals surface area (Å²) in [6.07, 6.45) is 2.31.